The van der Waals surface area contributed by atoms with E-state index in [-0.39, 0.29) is 17.9 Å². The average Bonchev–Trinajstić information content (AvgIpc) is 2.70. The lowest BCUT2D eigenvalue weighted by Crippen LogP contribution is -2.17. The molecular formula is C21H20N2O4. The number of H-pyrrole nitrogens is 1. The third-order valence-electron chi connectivity index (χ3n) is 4.27. The lowest BCUT2D eigenvalue weighted by Gasteiger charge is -2.14. The van der Waals surface area contributed by atoms with Crippen LogP contribution < -0.4 is 10.3 Å². The molecule has 1 N–H and O–H groups in total. The molecule has 6 heteroatoms. The van der Waals surface area contributed by atoms with Crippen molar-refractivity contribution in [1.82, 2.24) is 10.2 Å². The number of benzene rings is 2. The van der Waals surface area contributed by atoms with Gasteiger partial charge in [-0.15, -0.1) is 0 Å². The maximum atomic E-state index is 12.0. The number of rotatable bonds is 6. The van der Waals surface area contributed by atoms with E-state index in [0.717, 1.165) is 5.56 Å². The molecule has 3 aromatic rings. The van der Waals surface area contributed by atoms with Gasteiger partial charge in [-0.05, 0) is 43.2 Å². The third kappa shape index (κ3) is 4.23. The van der Waals surface area contributed by atoms with E-state index in [1.165, 1.54) is 7.11 Å². The van der Waals surface area contributed by atoms with E-state index in [0.29, 0.717) is 34.7 Å². The second kappa shape index (κ2) is 8.31. The molecule has 6 nitrogen and oxygen atoms in total. The van der Waals surface area contributed by atoms with Gasteiger partial charge in [-0.25, -0.2) is 5.10 Å². The average molecular weight is 364 g/mol. The first-order valence-electron chi connectivity index (χ1n) is 8.57. The van der Waals surface area contributed by atoms with Gasteiger partial charge >= 0.3 is 5.97 Å². The third-order valence-corrected chi connectivity index (χ3v) is 4.27. The molecule has 138 valence electrons. The Balaban J connectivity index is 2.05. The Labute approximate surface area is 156 Å². The van der Waals surface area contributed by atoms with E-state index < -0.39 is 0 Å². The summed E-state index contributed by atoms with van der Waals surface area (Å²) < 4.78 is 10.7. The lowest BCUT2D eigenvalue weighted by atomic mass is 9.98. The fraction of sp³-hybridized carbons (Fsp3) is 0.190. The minimum absolute atomic E-state index is 0.164. The topological polar surface area (TPSA) is 81.3 Å². The summed E-state index contributed by atoms with van der Waals surface area (Å²) in [5.74, 6) is 0.971. The van der Waals surface area contributed by atoms with Crippen molar-refractivity contribution in [2.24, 2.45) is 0 Å². The van der Waals surface area contributed by atoms with Crippen LogP contribution in [0.15, 0.2) is 59.4 Å². The van der Waals surface area contributed by atoms with Gasteiger partial charge in [0.1, 0.15) is 11.5 Å². The summed E-state index contributed by atoms with van der Waals surface area (Å²) in [4.78, 5) is 23.6. The Morgan fingerprint density at radius 3 is 2.52 bits per heavy atom. The van der Waals surface area contributed by atoms with Gasteiger partial charge in [0, 0.05) is 17.5 Å². The first-order chi connectivity index (χ1) is 13.1. The number of esters is 1. The molecule has 0 saturated carbocycles. The van der Waals surface area contributed by atoms with E-state index in [2.05, 4.69) is 10.2 Å². The maximum Gasteiger partial charge on any atom is 0.305 e. The van der Waals surface area contributed by atoms with Gasteiger partial charge in [-0.2, -0.15) is 5.10 Å². The molecule has 1 aromatic heterocycles. The zero-order valence-electron chi connectivity index (χ0n) is 15.2. The normalized spacial score (nSPS) is 10.4. The largest absolute Gasteiger partial charge is 0.469 e. The summed E-state index contributed by atoms with van der Waals surface area (Å²) in [5, 5.41) is 6.77. The molecule has 0 aliphatic rings. The van der Waals surface area contributed by atoms with E-state index >= 15 is 0 Å². The van der Waals surface area contributed by atoms with Crippen LogP contribution in [0.1, 0.15) is 17.5 Å². The van der Waals surface area contributed by atoms with Gasteiger partial charge in [0.25, 0.3) is 5.56 Å². The Kier molecular flexibility index (Phi) is 5.66. The Hall–Kier alpha value is -3.41. The van der Waals surface area contributed by atoms with Gasteiger partial charge in [0.15, 0.2) is 0 Å². The summed E-state index contributed by atoms with van der Waals surface area (Å²) in [6.45, 7) is 1.72. The van der Waals surface area contributed by atoms with E-state index in [1.54, 1.807) is 6.92 Å². The minimum atomic E-state index is -0.338. The number of aromatic nitrogens is 2. The van der Waals surface area contributed by atoms with Crippen molar-refractivity contribution >= 4 is 5.97 Å². The quantitative estimate of drug-likeness (QED) is 0.675. The SMILES string of the molecule is COC(=O)CCc1c(-c2ccccc2Oc2ccccc2)n[nH]c(=O)c1C. The monoisotopic (exact) mass is 364 g/mol. The zero-order chi connectivity index (χ0) is 19.2. The van der Waals surface area contributed by atoms with E-state index in [4.69, 9.17) is 9.47 Å². The van der Waals surface area contributed by atoms with E-state index in [9.17, 15) is 9.59 Å². The molecule has 0 atom stereocenters. The molecule has 0 bridgehead atoms. The van der Waals surface area contributed by atoms with E-state index in [1.807, 2.05) is 54.6 Å². The molecule has 3 rings (SSSR count). The highest BCUT2D eigenvalue weighted by molar-refractivity contribution is 5.73. The molecule has 1 heterocycles. The molecule has 0 aliphatic carbocycles. The number of nitrogens with one attached hydrogen (secondary N) is 1. The van der Waals surface area contributed by atoms with Crippen LogP contribution in [0, 0.1) is 6.92 Å². The molecule has 0 spiro atoms. The molecule has 0 amide bonds. The lowest BCUT2D eigenvalue weighted by molar-refractivity contribution is -0.140. The second-order valence-electron chi connectivity index (χ2n) is 5.99. The predicted molar refractivity (Wildman–Crippen MR) is 102 cm³/mol. The Morgan fingerprint density at radius 2 is 1.78 bits per heavy atom. The van der Waals surface area contributed by atoms with Gasteiger partial charge < -0.3 is 9.47 Å². The highest BCUT2D eigenvalue weighted by atomic mass is 16.5. The number of hydrogen-bond donors (Lipinski definition) is 1. The van der Waals surface area contributed by atoms with Crippen molar-refractivity contribution in [3.63, 3.8) is 0 Å². The summed E-state index contributed by atoms with van der Waals surface area (Å²) in [6, 6.07) is 16.9. The molecule has 0 aliphatic heterocycles. The molecule has 2 aromatic carbocycles. The van der Waals surface area contributed by atoms with Crippen molar-refractivity contribution in [3.05, 3.63) is 76.1 Å². The summed E-state index contributed by atoms with van der Waals surface area (Å²) in [7, 11) is 1.34. The van der Waals surface area contributed by atoms with Crippen LogP contribution in [0.3, 0.4) is 0 Å². The fourth-order valence-electron chi connectivity index (χ4n) is 2.80. The number of hydrogen-bond acceptors (Lipinski definition) is 5. The summed E-state index contributed by atoms with van der Waals surface area (Å²) in [6.07, 6.45) is 0.515. The van der Waals surface area contributed by atoms with Crippen LogP contribution in [0.25, 0.3) is 11.3 Å². The van der Waals surface area contributed by atoms with Crippen molar-refractivity contribution in [3.8, 4) is 22.8 Å². The number of carbonyl (C=O) groups excluding carboxylic acids is 1. The second-order valence-corrected chi connectivity index (χ2v) is 5.99. The van der Waals surface area contributed by atoms with Gasteiger partial charge in [-0.3, -0.25) is 9.59 Å². The molecule has 0 saturated heterocycles. The molecule has 0 radical (unpaired) electrons. The molecular weight excluding hydrogens is 344 g/mol. The number of aromatic amines is 1. The Morgan fingerprint density at radius 1 is 1.07 bits per heavy atom. The number of methoxy groups -OCH3 is 1. The standard InChI is InChI=1S/C21H20N2O4/c1-14-16(12-13-19(24)26-2)20(22-23-21(14)25)17-10-6-7-11-18(17)27-15-8-4-3-5-9-15/h3-11H,12-13H2,1-2H3,(H,23,25). The first-order valence-corrected chi connectivity index (χ1v) is 8.57. The fourth-order valence-corrected chi connectivity index (χ4v) is 2.80. The number of nitrogens with zero attached hydrogens (tertiary/aromatic N) is 1. The zero-order valence-corrected chi connectivity index (χ0v) is 15.2. The molecule has 0 unspecified atom stereocenters. The number of carbonyl (C=O) groups is 1. The Bertz CT molecular complexity index is 997. The van der Waals surface area contributed by atoms with Crippen LogP contribution >= 0.6 is 0 Å². The van der Waals surface area contributed by atoms with Gasteiger partial charge in [-0.1, -0.05) is 30.3 Å². The van der Waals surface area contributed by atoms with Gasteiger partial charge in [0.05, 0.1) is 12.8 Å². The van der Waals surface area contributed by atoms with Crippen LogP contribution in [-0.4, -0.2) is 23.3 Å². The highest BCUT2D eigenvalue weighted by Gasteiger charge is 2.17. The first kappa shape index (κ1) is 18.4. The van der Waals surface area contributed by atoms with Crippen molar-refractivity contribution < 1.29 is 14.3 Å². The molecule has 0 fully saturated rings. The minimum Gasteiger partial charge on any atom is -0.469 e. The summed E-state index contributed by atoms with van der Waals surface area (Å²) in [5.41, 5.74) is 2.27. The van der Waals surface area contributed by atoms with Gasteiger partial charge in [0.2, 0.25) is 0 Å². The van der Waals surface area contributed by atoms with Crippen LogP contribution in [0.2, 0.25) is 0 Å². The predicted octanol–water partition coefficient (Wildman–Crippen LogP) is 3.64. The van der Waals surface area contributed by atoms with Crippen LogP contribution in [0.5, 0.6) is 11.5 Å². The van der Waals surface area contributed by atoms with Crippen LogP contribution in [0.4, 0.5) is 0 Å². The number of para-hydroxylation sites is 2. The van der Waals surface area contributed by atoms with Crippen molar-refractivity contribution in [1.29, 1.82) is 0 Å². The number of ether oxygens (including phenoxy) is 2. The highest BCUT2D eigenvalue weighted by Crippen LogP contribution is 2.34. The van der Waals surface area contributed by atoms with Crippen molar-refractivity contribution in [2.75, 3.05) is 7.11 Å². The molecule has 27 heavy (non-hydrogen) atoms. The van der Waals surface area contributed by atoms with Crippen molar-refractivity contribution in [2.45, 2.75) is 19.8 Å². The summed E-state index contributed by atoms with van der Waals surface area (Å²) >= 11 is 0. The maximum absolute atomic E-state index is 12.0. The van der Waals surface area contributed by atoms with Crippen LogP contribution in [-0.2, 0) is 16.0 Å². The smallest absolute Gasteiger partial charge is 0.305 e.